The van der Waals surface area contributed by atoms with Crippen LogP contribution in [0.2, 0.25) is 0 Å². The van der Waals surface area contributed by atoms with Crippen molar-refractivity contribution in [2.75, 3.05) is 18.0 Å². The SMILES string of the molecule is Cc1ccc(Cn2c(=O)c(N3CCC[C@@H](C(=O)NCc4cccc(C)c4)C3)nc3cccnc32)cc1. The van der Waals surface area contributed by atoms with Crippen molar-refractivity contribution in [1.29, 1.82) is 0 Å². The zero-order chi connectivity index (χ0) is 25.1. The molecule has 1 aliphatic rings. The summed E-state index contributed by atoms with van der Waals surface area (Å²) in [6.07, 6.45) is 3.31. The quantitative estimate of drug-likeness (QED) is 0.451. The van der Waals surface area contributed by atoms with Gasteiger partial charge in [-0.1, -0.05) is 59.7 Å². The Kier molecular flexibility index (Phi) is 6.80. The fourth-order valence-corrected chi connectivity index (χ4v) is 4.83. The number of fused-ring (bicyclic) bond motifs is 1. The van der Waals surface area contributed by atoms with Crippen molar-refractivity contribution in [3.05, 3.63) is 99.5 Å². The zero-order valence-electron chi connectivity index (χ0n) is 20.8. The van der Waals surface area contributed by atoms with Crippen LogP contribution in [0.4, 0.5) is 5.82 Å². The van der Waals surface area contributed by atoms with Crippen LogP contribution < -0.4 is 15.8 Å². The molecule has 5 rings (SSSR count). The van der Waals surface area contributed by atoms with Crippen LogP contribution in [0, 0.1) is 19.8 Å². The number of benzene rings is 2. The lowest BCUT2D eigenvalue weighted by Gasteiger charge is -2.32. The molecule has 2 aromatic heterocycles. The lowest BCUT2D eigenvalue weighted by molar-refractivity contribution is -0.125. The van der Waals surface area contributed by atoms with E-state index in [4.69, 9.17) is 4.98 Å². The van der Waals surface area contributed by atoms with Gasteiger partial charge in [0.2, 0.25) is 5.91 Å². The highest BCUT2D eigenvalue weighted by molar-refractivity contribution is 5.79. The zero-order valence-corrected chi connectivity index (χ0v) is 20.8. The Morgan fingerprint density at radius 1 is 1.03 bits per heavy atom. The highest BCUT2D eigenvalue weighted by atomic mass is 16.2. The molecule has 7 heteroatoms. The molecule has 7 nitrogen and oxygen atoms in total. The molecule has 1 aliphatic heterocycles. The van der Waals surface area contributed by atoms with Crippen molar-refractivity contribution in [2.24, 2.45) is 5.92 Å². The minimum Gasteiger partial charge on any atom is -0.352 e. The molecule has 36 heavy (non-hydrogen) atoms. The molecule has 1 amide bonds. The van der Waals surface area contributed by atoms with Crippen LogP contribution >= 0.6 is 0 Å². The summed E-state index contributed by atoms with van der Waals surface area (Å²) >= 11 is 0. The van der Waals surface area contributed by atoms with Crippen LogP contribution in [0.25, 0.3) is 11.2 Å². The number of pyridine rings is 1. The summed E-state index contributed by atoms with van der Waals surface area (Å²) in [6.45, 7) is 6.17. The van der Waals surface area contributed by atoms with E-state index < -0.39 is 0 Å². The Hall–Kier alpha value is -4.00. The van der Waals surface area contributed by atoms with E-state index in [1.165, 1.54) is 11.1 Å². The number of aromatic nitrogens is 3. The molecule has 4 aromatic rings. The number of hydrogen-bond acceptors (Lipinski definition) is 5. The third-order valence-electron chi connectivity index (χ3n) is 6.79. The van der Waals surface area contributed by atoms with E-state index in [1.807, 2.05) is 73.3 Å². The van der Waals surface area contributed by atoms with Crippen molar-refractivity contribution in [1.82, 2.24) is 19.9 Å². The molecule has 1 atom stereocenters. The summed E-state index contributed by atoms with van der Waals surface area (Å²) in [7, 11) is 0. The van der Waals surface area contributed by atoms with Gasteiger partial charge in [-0.15, -0.1) is 0 Å². The van der Waals surface area contributed by atoms with Crippen LogP contribution in [-0.2, 0) is 17.9 Å². The van der Waals surface area contributed by atoms with Gasteiger partial charge < -0.3 is 10.2 Å². The standard InChI is InChI=1S/C29H31N5O2/c1-20-10-12-22(13-11-20)18-34-26-25(9-4-14-30-26)32-27(29(34)36)33-15-5-8-24(19-33)28(35)31-17-23-7-3-6-21(2)16-23/h3-4,6-7,9-14,16,24H,5,8,15,17-19H2,1-2H3,(H,31,35)/t24-/m1/s1. The Balaban J connectivity index is 1.39. The molecule has 1 fully saturated rings. The number of aryl methyl sites for hydroxylation is 2. The lowest BCUT2D eigenvalue weighted by Crippen LogP contribution is -2.45. The minimum absolute atomic E-state index is 0.0173. The second-order valence-electron chi connectivity index (χ2n) is 9.65. The normalized spacial score (nSPS) is 15.7. The van der Waals surface area contributed by atoms with E-state index in [0.717, 1.165) is 24.0 Å². The number of nitrogens with one attached hydrogen (secondary N) is 1. The molecule has 0 bridgehead atoms. The minimum atomic E-state index is -0.195. The van der Waals surface area contributed by atoms with E-state index in [1.54, 1.807) is 10.8 Å². The first-order valence-corrected chi connectivity index (χ1v) is 12.5. The average molecular weight is 482 g/mol. The van der Waals surface area contributed by atoms with Crippen molar-refractivity contribution >= 4 is 22.9 Å². The van der Waals surface area contributed by atoms with Gasteiger partial charge in [-0.3, -0.25) is 14.2 Å². The molecular formula is C29H31N5O2. The highest BCUT2D eigenvalue weighted by Gasteiger charge is 2.28. The van der Waals surface area contributed by atoms with Gasteiger partial charge in [-0.2, -0.15) is 0 Å². The molecule has 0 radical (unpaired) electrons. The van der Waals surface area contributed by atoms with Crippen molar-refractivity contribution in [3.8, 4) is 0 Å². The number of nitrogens with zero attached hydrogens (tertiary/aromatic N) is 4. The first-order valence-electron chi connectivity index (χ1n) is 12.5. The number of piperidine rings is 1. The summed E-state index contributed by atoms with van der Waals surface area (Å²) in [6, 6.07) is 20.0. The van der Waals surface area contributed by atoms with Crippen LogP contribution in [0.1, 0.15) is 35.1 Å². The molecule has 1 saturated heterocycles. The predicted octanol–water partition coefficient (Wildman–Crippen LogP) is 3.99. The molecule has 1 N–H and O–H groups in total. The largest absolute Gasteiger partial charge is 0.352 e. The molecule has 0 saturated carbocycles. The molecule has 0 spiro atoms. The molecule has 0 unspecified atom stereocenters. The molecular weight excluding hydrogens is 450 g/mol. The topological polar surface area (TPSA) is 80.1 Å². The molecule has 0 aliphatic carbocycles. The maximum Gasteiger partial charge on any atom is 0.295 e. The highest BCUT2D eigenvalue weighted by Crippen LogP contribution is 2.22. The van der Waals surface area contributed by atoms with E-state index >= 15 is 0 Å². The number of anilines is 1. The van der Waals surface area contributed by atoms with Crippen LogP contribution in [-0.4, -0.2) is 33.5 Å². The predicted molar refractivity (Wildman–Crippen MR) is 142 cm³/mol. The molecule has 184 valence electrons. The second kappa shape index (κ2) is 10.3. The van der Waals surface area contributed by atoms with Crippen LogP contribution in [0.5, 0.6) is 0 Å². The maximum absolute atomic E-state index is 13.7. The Morgan fingerprint density at radius 2 is 1.86 bits per heavy atom. The third-order valence-corrected chi connectivity index (χ3v) is 6.79. The van der Waals surface area contributed by atoms with Crippen molar-refractivity contribution < 1.29 is 4.79 Å². The van der Waals surface area contributed by atoms with Gasteiger partial charge in [0.05, 0.1) is 12.5 Å². The van der Waals surface area contributed by atoms with Crippen molar-refractivity contribution in [3.63, 3.8) is 0 Å². The Labute approximate surface area is 210 Å². The number of carbonyl (C=O) groups is 1. The van der Waals surface area contributed by atoms with E-state index in [-0.39, 0.29) is 17.4 Å². The fraction of sp³-hybridized carbons (Fsp3) is 0.310. The summed E-state index contributed by atoms with van der Waals surface area (Å²) in [4.78, 5) is 37.9. The van der Waals surface area contributed by atoms with Crippen molar-refractivity contribution in [2.45, 2.75) is 39.8 Å². The summed E-state index contributed by atoms with van der Waals surface area (Å²) in [5.74, 6) is 0.211. The number of hydrogen-bond donors (Lipinski definition) is 1. The van der Waals surface area contributed by atoms with E-state index in [9.17, 15) is 9.59 Å². The maximum atomic E-state index is 13.7. The van der Waals surface area contributed by atoms with Gasteiger partial charge in [-0.05, 0) is 49.9 Å². The van der Waals surface area contributed by atoms with Gasteiger partial charge in [0.25, 0.3) is 5.56 Å². The van der Waals surface area contributed by atoms with Gasteiger partial charge in [0, 0.05) is 25.8 Å². The van der Waals surface area contributed by atoms with Crippen LogP contribution in [0.15, 0.2) is 71.7 Å². The Morgan fingerprint density at radius 3 is 2.67 bits per heavy atom. The summed E-state index contributed by atoms with van der Waals surface area (Å²) in [5.41, 5.74) is 5.51. The summed E-state index contributed by atoms with van der Waals surface area (Å²) < 4.78 is 1.70. The van der Waals surface area contributed by atoms with Crippen LogP contribution in [0.3, 0.4) is 0 Å². The van der Waals surface area contributed by atoms with Gasteiger partial charge >= 0.3 is 0 Å². The lowest BCUT2D eigenvalue weighted by atomic mass is 9.97. The van der Waals surface area contributed by atoms with Gasteiger partial charge in [0.15, 0.2) is 11.5 Å². The smallest absolute Gasteiger partial charge is 0.295 e. The number of amides is 1. The van der Waals surface area contributed by atoms with Gasteiger partial charge in [0.1, 0.15) is 5.52 Å². The van der Waals surface area contributed by atoms with E-state index in [0.29, 0.717) is 43.2 Å². The monoisotopic (exact) mass is 481 g/mol. The Bertz CT molecular complexity index is 1440. The number of rotatable bonds is 6. The van der Waals surface area contributed by atoms with Gasteiger partial charge in [-0.25, -0.2) is 9.97 Å². The second-order valence-corrected chi connectivity index (χ2v) is 9.65. The molecule has 3 heterocycles. The van der Waals surface area contributed by atoms with E-state index in [2.05, 4.69) is 16.4 Å². The third kappa shape index (κ3) is 5.15. The molecule has 2 aromatic carbocycles. The fourth-order valence-electron chi connectivity index (χ4n) is 4.83. The number of carbonyl (C=O) groups excluding carboxylic acids is 1. The average Bonchev–Trinajstić information content (AvgIpc) is 2.90. The first-order chi connectivity index (χ1) is 17.5. The first kappa shape index (κ1) is 23.7. The summed E-state index contributed by atoms with van der Waals surface area (Å²) in [5, 5.41) is 3.08.